The van der Waals surface area contributed by atoms with E-state index in [4.69, 9.17) is 14.0 Å². The lowest BCUT2D eigenvalue weighted by Gasteiger charge is -2.23. The molecule has 2 N–H and O–H groups in total. The van der Waals surface area contributed by atoms with Crippen molar-refractivity contribution < 1.29 is 27.9 Å². The van der Waals surface area contributed by atoms with E-state index >= 15 is 0 Å². The molecular formula is C22H24N4O6S-2. The van der Waals surface area contributed by atoms with Gasteiger partial charge in [0, 0.05) is 62.1 Å². The summed E-state index contributed by atoms with van der Waals surface area (Å²) in [7, 11) is 3.81. The van der Waals surface area contributed by atoms with Gasteiger partial charge in [0.25, 0.3) is 0 Å². The second kappa shape index (κ2) is 11.1. The summed E-state index contributed by atoms with van der Waals surface area (Å²) in [4.78, 5) is 30.6. The van der Waals surface area contributed by atoms with Crippen molar-refractivity contribution in [3.63, 3.8) is 0 Å². The number of benzene rings is 2. The molecule has 0 amide bonds. The highest BCUT2D eigenvalue weighted by molar-refractivity contribution is 7.73. The van der Waals surface area contributed by atoms with E-state index in [2.05, 4.69) is 37.2 Å². The minimum atomic E-state index is -2.88. The van der Waals surface area contributed by atoms with Crippen molar-refractivity contribution in [3.8, 4) is 0 Å². The molecule has 0 saturated carbocycles. The summed E-state index contributed by atoms with van der Waals surface area (Å²) in [6, 6.07) is 10.8. The molecular weight excluding hydrogens is 448 g/mol. The van der Waals surface area contributed by atoms with Crippen molar-refractivity contribution in [2.75, 3.05) is 44.5 Å². The Morgan fingerprint density at radius 2 is 1.61 bits per heavy atom. The Bertz CT molecular complexity index is 1090. The molecule has 33 heavy (non-hydrogen) atoms. The number of carbonyl (C=O) groups is 2. The van der Waals surface area contributed by atoms with Gasteiger partial charge in [-0.1, -0.05) is 24.3 Å². The molecule has 0 bridgehead atoms. The SMILES string of the molecule is CNc1ccc(NCCCN2C=CN(C)C2)c2c1C(=O)c1ccccc1C2=O.O=S([O-])O[O-]. The normalized spacial score (nSPS) is 14.9. The van der Waals surface area contributed by atoms with E-state index < -0.39 is 11.4 Å². The first-order chi connectivity index (χ1) is 15.9. The van der Waals surface area contributed by atoms with Crippen LogP contribution in [0.1, 0.15) is 38.3 Å². The van der Waals surface area contributed by atoms with E-state index in [1.165, 1.54) is 0 Å². The van der Waals surface area contributed by atoms with Gasteiger partial charge in [0.05, 0.1) is 29.2 Å². The molecule has 1 aliphatic heterocycles. The molecule has 0 radical (unpaired) electrons. The van der Waals surface area contributed by atoms with Crippen molar-refractivity contribution >= 4 is 34.3 Å². The zero-order valence-electron chi connectivity index (χ0n) is 18.2. The number of hydrogen-bond acceptors (Lipinski definition) is 10. The number of nitrogens with zero attached hydrogens (tertiary/aromatic N) is 2. The highest BCUT2D eigenvalue weighted by Gasteiger charge is 2.33. The summed E-state index contributed by atoms with van der Waals surface area (Å²) in [6.07, 6.45) is 5.07. The number of fused-ring (bicyclic) bond motifs is 2. The monoisotopic (exact) mass is 472 g/mol. The molecule has 0 fully saturated rings. The predicted octanol–water partition coefficient (Wildman–Crippen LogP) is 1.05. The fourth-order valence-electron chi connectivity index (χ4n) is 3.82. The Kier molecular flexibility index (Phi) is 8.17. The minimum absolute atomic E-state index is 0.103. The van der Waals surface area contributed by atoms with Gasteiger partial charge >= 0.3 is 0 Å². The van der Waals surface area contributed by atoms with E-state index in [9.17, 15) is 9.59 Å². The summed E-state index contributed by atoms with van der Waals surface area (Å²) in [6.45, 7) is 2.55. The van der Waals surface area contributed by atoms with Crippen LogP contribution in [0.15, 0.2) is 48.8 Å². The van der Waals surface area contributed by atoms with Gasteiger partial charge in [0.15, 0.2) is 11.6 Å². The van der Waals surface area contributed by atoms with Crippen molar-refractivity contribution in [2.24, 2.45) is 0 Å². The van der Waals surface area contributed by atoms with Crippen molar-refractivity contribution in [3.05, 3.63) is 71.1 Å². The predicted molar refractivity (Wildman–Crippen MR) is 121 cm³/mol. The van der Waals surface area contributed by atoms with Crippen LogP contribution in [-0.4, -0.2) is 64.0 Å². The number of carbonyl (C=O) groups excluding carboxylic acids is 2. The van der Waals surface area contributed by atoms with Gasteiger partial charge in [-0.2, -0.15) is 0 Å². The molecule has 0 saturated heterocycles. The Morgan fingerprint density at radius 1 is 1.03 bits per heavy atom. The van der Waals surface area contributed by atoms with Crippen molar-refractivity contribution in [1.29, 1.82) is 0 Å². The summed E-state index contributed by atoms with van der Waals surface area (Å²) in [5, 5.41) is 14.9. The molecule has 1 unspecified atom stereocenters. The van der Waals surface area contributed by atoms with E-state index in [0.717, 1.165) is 31.9 Å². The Balaban J connectivity index is 0.000000555. The molecule has 1 heterocycles. The molecule has 0 aromatic heterocycles. The smallest absolute Gasteiger partial charge is 0.196 e. The van der Waals surface area contributed by atoms with Crippen molar-refractivity contribution in [1.82, 2.24) is 9.80 Å². The molecule has 4 rings (SSSR count). The van der Waals surface area contributed by atoms with Crippen LogP contribution in [0, 0.1) is 0 Å². The first-order valence-electron chi connectivity index (χ1n) is 10.2. The second-order valence-electron chi connectivity index (χ2n) is 7.43. The fraction of sp³-hybridized carbons (Fsp3) is 0.273. The van der Waals surface area contributed by atoms with Gasteiger partial charge in [-0.05, 0) is 18.6 Å². The quantitative estimate of drug-likeness (QED) is 0.222. The average molecular weight is 473 g/mol. The zero-order chi connectivity index (χ0) is 24.0. The number of anilines is 2. The second-order valence-corrected chi connectivity index (χ2v) is 7.97. The van der Waals surface area contributed by atoms with Crippen LogP contribution in [0.25, 0.3) is 0 Å². The summed E-state index contributed by atoms with van der Waals surface area (Å²) >= 11 is -2.88. The van der Waals surface area contributed by atoms with E-state index in [1.807, 2.05) is 19.2 Å². The molecule has 1 atom stereocenters. The van der Waals surface area contributed by atoms with Gasteiger partial charge in [-0.15, -0.1) is 0 Å². The lowest BCUT2D eigenvalue weighted by Crippen LogP contribution is -2.26. The molecule has 11 heteroatoms. The summed E-state index contributed by atoms with van der Waals surface area (Å²) in [5.41, 5.74) is 3.27. The molecule has 2 aliphatic rings. The van der Waals surface area contributed by atoms with Crippen LogP contribution < -0.4 is 15.9 Å². The minimum Gasteiger partial charge on any atom is -0.750 e. The third-order valence-electron chi connectivity index (χ3n) is 5.27. The van der Waals surface area contributed by atoms with Gasteiger partial charge < -0.3 is 34.6 Å². The summed E-state index contributed by atoms with van der Waals surface area (Å²) < 4.78 is 20.1. The van der Waals surface area contributed by atoms with E-state index in [0.29, 0.717) is 27.9 Å². The van der Waals surface area contributed by atoms with E-state index in [1.54, 1.807) is 31.3 Å². The third kappa shape index (κ3) is 5.57. The highest BCUT2D eigenvalue weighted by atomic mass is 32.2. The van der Waals surface area contributed by atoms with Gasteiger partial charge in [0.2, 0.25) is 0 Å². The Hall–Kier alpha value is -3.25. The molecule has 1 aliphatic carbocycles. The van der Waals surface area contributed by atoms with Crippen LogP contribution in [-0.2, 0) is 15.7 Å². The van der Waals surface area contributed by atoms with Gasteiger partial charge in [0.1, 0.15) is 0 Å². The van der Waals surface area contributed by atoms with Gasteiger partial charge in [-0.25, -0.2) is 4.21 Å². The Morgan fingerprint density at radius 3 is 2.12 bits per heavy atom. The largest absolute Gasteiger partial charge is 0.750 e. The van der Waals surface area contributed by atoms with Crippen LogP contribution in [0.3, 0.4) is 0 Å². The van der Waals surface area contributed by atoms with Crippen LogP contribution in [0.5, 0.6) is 0 Å². The van der Waals surface area contributed by atoms with Crippen LogP contribution >= 0.6 is 0 Å². The maximum atomic E-state index is 13.2. The maximum absolute atomic E-state index is 13.2. The van der Waals surface area contributed by atoms with Gasteiger partial charge in [-0.3, -0.25) is 9.59 Å². The fourth-order valence-corrected chi connectivity index (χ4v) is 3.82. The first kappa shape index (κ1) is 24.4. The molecule has 10 nitrogen and oxygen atoms in total. The number of hydrogen-bond donors (Lipinski definition) is 2. The third-order valence-corrected chi connectivity index (χ3v) is 5.39. The molecule has 2 aromatic carbocycles. The first-order valence-corrected chi connectivity index (χ1v) is 11.2. The van der Waals surface area contributed by atoms with Crippen LogP contribution in [0.4, 0.5) is 11.4 Å². The topological polar surface area (TPSA) is 137 Å². The van der Waals surface area contributed by atoms with Crippen LogP contribution in [0.2, 0.25) is 0 Å². The Labute approximate surface area is 194 Å². The van der Waals surface area contributed by atoms with E-state index in [-0.39, 0.29) is 11.6 Å². The zero-order valence-corrected chi connectivity index (χ0v) is 19.0. The number of ketones is 2. The molecule has 2 aromatic rings. The molecule has 176 valence electrons. The van der Waals surface area contributed by atoms with Crippen molar-refractivity contribution in [2.45, 2.75) is 6.42 Å². The highest BCUT2D eigenvalue weighted by Crippen LogP contribution is 2.36. The molecule has 0 spiro atoms. The average Bonchev–Trinajstić information content (AvgIpc) is 3.25. The standard InChI is InChI=1S/C22H24N4O2.H2O4S/c1-23-17-8-9-18(24-10-5-11-26-13-12-25(2)14-26)20-19(17)21(27)15-6-3-4-7-16(15)22(20)28;1-4-5(2)3/h3-4,6-9,12-13,23-24H,5,10-11,14H2,1-2H3;1H,(H,2,3)/p-2. The summed E-state index contributed by atoms with van der Waals surface area (Å²) in [5.74, 6) is -0.211. The lowest BCUT2D eigenvalue weighted by atomic mass is 9.82. The number of nitrogens with one attached hydrogen (secondary N) is 2. The number of rotatable bonds is 7. The lowest BCUT2D eigenvalue weighted by molar-refractivity contribution is -0.635. The maximum Gasteiger partial charge on any atom is 0.196 e.